The molecule has 1 spiro atoms. The maximum absolute atomic E-state index is 11.5. The molecule has 2 aliphatic heterocycles. The molecule has 0 aromatic rings. The summed E-state index contributed by atoms with van der Waals surface area (Å²) < 4.78 is 5.39. The fraction of sp³-hybridized carbons (Fsp3) is 0.750. The highest BCUT2D eigenvalue weighted by Gasteiger charge is 2.48. The first-order chi connectivity index (χ1) is 6.12. The molecule has 2 rings (SSSR count). The highest BCUT2D eigenvalue weighted by molar-refractivity contribution is 7.80. The van der Waals surface area contributed by atoms with Crippen LogP contribution in [0.5, 0.6) is 0 Å². The van der Waals surface area contributed by atoms with Crippen LogP contribution < -0.4 is 5.32 Å². The Hall–Kier alpha value is -0.680. The molecule has 1 amide bonds. The summed E-state index contributed by atoms with van der Waals surface area (Å²) in [4.78, 5) is 13.7. The minimum absolute atomic E-state index is 0.0643. The average molecular weight is 200 g/mol. The second kappa shape index (κ2) is 2.92. The molecule has 2 saturated heterocycles. The van der Waals surface area contributed by atoms with E-state index < -0.39 is 5.60 Å². The van der Waals surface area contributed by atoms with Crippen molar-refractivity contribution in [1.29, 1.82) is 0 Å². The second-order valence-corrected chi connectivity index (χ2v) is 4.01. The van der Waals surface area contributed by atoms with Gasteiger partial charge in [0.15, 0.2) is 5.60 Å². The maximum Gasteiger partial charge on any atom is 0.271 e. The van der Waals surface area contributed by atoms with Gasteiger partial charge < -0.3 is 9.64 Å². The van der Waals surface area contributed by atoms with E-state index >= 15 is 0 Å². The van der Waals surface area contributed by atoms with Gasteiger partial charge in [0, 0.05) is 25.9 Å². The normalized spacial score (nSPS) is 27.5. The lowest BCUT2D eigenvalue weighted by Crippen LogP contribution is -2.48. The Kier molecular flexibility index (Phi) is 2.00. The quantitative estimate of drug-likeness (QED) is 0.554. The summed E-state index contributed by atoms with van der Waals surface area (Å²) in [7, 11) is 2.04. The van der Waals surface area contributed by atoms with E-state index in [0.29, 0.717) is 0 Å². The molecule has 13 heavy (non-hydrogen) atoms. The molecule has 2 aliphatic rings. The van der Waals surface area contributed by atoms with Crippen LogP contribution in [0.15, 0.2) is 0 Å². The van der Waals surface area contributed by atoms with E-state index in [2.05, 4.69) is 10.2 Å². The van der Waals surface area contributed by atoms with Crippen LogP contribution in [0.1, 0.15) is 12.8 Å². The molecule has 0 atom stereocenters. The van der Waals surface area contributed by atoms with Crippen molar-refractivity contribution in [3.05, 3.63) is 0 Å². The Balaban J connectivity index is 2.13. The fourth-order valence-corrected chi connectivity index (χ4v) is 2.02. The maximum atomic E-state index is 11.5. The van der Waals surface area contributed by atoms with Crippen LogP contribution in [0.2, 0.25) is 0 Å². The van der Waals surface area contributed by atoms with Crippen LogP contribution in [0.25, 0.3) is 0 Å². The average Bonchev–Trinajstić information content (AvgIpc) is 2.34. The molecule has 72 valence electrons. The van der Waals surface area contributed by atoms with Crippen LogP contribution in [-0.4, -0.2) is 41.7 Å². The third-order valence-corrected chi connectivity index (χ3v) is 2.90. The fourth-order valence-electron chi connectivity index (χ4n) is 1.76. The van der Waals surface area contributed by atoms with Gasteiger partial charge in [0.2, 0.25) is 0 Å². The summed E-state index contributed by atoms with van der Waals surface area (Å²) in [6.45, 7) is 1.77. The van der Waals surface area contributed by atoms with Gasteiger partial charge >= 0.3 is 0 Å². The summed E-state index contributed by atoms with van der Waals surface area (Å²) in [5.74, 6) is -0.0643. The highest BCUT2D eigenvalue weighted by atomic mass is 32.1. The molecule has 2 fully saturated rings. The molecule has 4 nitrogen and oxygen atoms in total. The lowest BCUT2D eigenvalue weighted by atomic mass is 9.91. The minimum Gasteiger partial charge on any atom is -0.454 e. The summed E-state index contributed by atoms with van der Waals surface area (Å²) in [5, 5.41) is 2.77. The molecular weight excluding hydrogens is 188 g/mol. The number of carbonyl (C=O) groups excluding carboxylic acids is 1. The smallest absolute Gasteiger partial charge is 0.271 e. The van der Waals surface area contributed by atoms with Crippen LogP contribution in [0.3, 0.4) is 0 Å². The molecular formula is C8H12N2O2S. The van der Waals surface area contributed by atoms with Gasteiger partial charge in [-0.1, -0.05) is 0 Å². The predicted molar refractivity (Wildman–Crippen MR) is 51.3 cm³/mol. The van der Waals surface area contributed by atoms with E-state index in [-0.39, 0.29) is 11.1 Å². The summed E-state index contributed by atoms with van der Waals surface area (Å²) in [6, 6.07) is 0. The first kappa shape index (κ1) is 8.90. The van der Waals surface area contributed by atoms with Gasteiger partial charge in [0.05, 0.1) is 0 Å². The van der Waals surface area contributed by atoms with Crippen molar-refractivity contribution >= 4 is 23.3 Å². The molecule has 0 unspecified atom stereocenters. The molecule has 1 N–H and O–H groups in total. The van der Waals surface area contributed by atoms with Crippen molar-refractivity contribution in [2.24, 2.45) is 0 Å². The van der Waals surface area contributed by atoms with E-state index in [0.717, 1.165) is 25.9 Å². The number of carbonyl (C=O) groups is 1. The van der Waals surface area contributed by atoms with E-state index in [1.165, 1.54) is 0 Å². The Labute approximate surface area is 82.2 Å². The number of nitrogens with zero attached hydrogens (tertiary/aromatic N) is 1. The van der Waals surface area contributed by atoms with Gasteiger partial charge in [-0.2, -0.15) is 0 Å². The lowest BCUT2D eigenvalue weighted by molar-refractivity contribution is -0.134. The molecule has 0 aliphatic carbocycles. The second-order valence-electron chi connectivity index (χ2n) is 3.64. The van der Waals surface area contributed by atoms with E-state index in [4.69, 9.17) is 17.0 Å². The van der Waals surface area contributed by atoms with Gasteiger partial charge in [-0.15, -0.1) is 0 Å². The summed E-state index contributed by atoms with van der Waals surface area (Å²) in [6.07, 6.45) is 1.46. The summed E-state index contributed by atoms with van der Waals surface area (Å²) >= 11 is 4.81. The van der Waals surface area contributed by atoms with Gasteiger partial charge in [-0.3, -0.25) is 10.1 Å². The number of amides is 1. The van der Waals surface area contributed by atoms with Crippen molar-refractivity contribution in [3.8, 4) is 0 Å². The zero-order chi connectivity index (χ0) is 9.47. The summed E-state index contributed by atoms with van der Waals surface area (Å²) in [5.41, 5.74) is -0.649. The number of likely N-dealkylation sites (tertiary alicyclic amines) is 1. The van der Waals surface area contributed by atoms with Crippen LogP contribution >= 0.6 is 12.2 Å². The largest absolute Gasteiger partial charge is 0.454 e. The van der Waals surface area contributed by atoms with Crippen molar-refractivity contribution in [3.63, 3.8) is 0 Å². The number of nitrogens with one attached hydrogen (secondary N) is 1. The predicted octanol–water partition coefficient (Wildman–Crippen LogP) is -0.118. The molecule has 5 heteroatoms. The third-order valence-electron chi connectivity index (χ3n) is 2.71. The van der Waals surface area contributed by atoms with E-state index in [1.54, 1.807) is 0 Å². The molecule has 2 heterocycles. The third kappa shape index (κ3) is 1.42. The van der Waals surface area contributed by atoms with Crippen molar-refractivity contribution in [1.82, 2.24) is 10.2 Å². The lowest BCUT2D eigenvalue weighted by Gasteiger charge is -2.33. The first-order valence-electron chi connectivity index (χ1n) is 4.35. The molecule has 0 radical (unpaired) electrons. The van der Waals surface area contributed by atoms with Crippen molar-refractivity contribution < 1.29 is 9.53 Å². The van der Waals surface area contributed by atoms with E-state index in [9.17, 15) is 4.79 Å². The van der Waals surface area contributed by atoms with Crippen molar-refractivity contribution in [2.75, 3.05) is 20.1 Å². The number of ether oxygens (including phenoxy) is 1. The Morgan fingerprint density at radius 1 is 1.54 bits per heavy atom. The highest BCUT2D eigenvalue weighted by Crippen LogP contribution is 2.29. The zero-order valence-electron chi connectivity index (χ0n) is 7.50. The van der Waals surface area contributed by atoms with Crippen LogP contribution in [-0.2, 0) is 9.53 Å². The minimum atomic E-state index is -0.649. The number of hydrogen-bond acceptors (Lipinski definition) is 4. The Morgan fingerprint density at radius 3 is 2.62 bits per heavy atom. The van der Waals surface area contributed by atoms with Crippen molar-refractivity contribution in [2.45, 2.75) is 18.4 Å². The van der Waals surface area contributed by atoms with Gasteiger partial charge in [-0.05, 0) is 19.3 Å². The molecule has 0 saturated carbocycles. The number of hydrogen-bond donors (Lipinski definition) is 1. The monoisotopic (exact) mass is 200 g/mol. The number of piperidine rings is 1. The van der Waals surface area contributed by atoms with E-state index in [1.807, 2.05) is 7.05 Å². The van der Waals surface area contributed by atoms with Gasteiger partial charge in [0.25, 0.3) is 11.1 Å². The Morgan fingerprint density at radius 2 is 2.15 bits per heavy atom. The van der Waals surface area contributed by atoms with Gasteiger partial charge in [0.1, 0.15) is 0 Å². The van der Waals surface area contributed by atoms with Crippen LogP contribution in [0, 0.1) is 0 Å². The molecule has 0 bridgehead atoms. The zero-order valence-corrected chi connectivity index (χ0v) is 8.32. The first-order valence-corrected chi connectivity index (χ1v) is 4.76. The molecule has 0 aromatic heterocycles. The topological polar surface area (TPSA) is 41.6 Å². The molecule has 0 aromatic carbocycles. The number of thiocarbonyl (C=S) groups is 1. The van der Waals surface area contributed by atoms with Gasteiger partial charge in [-0.25, -0.2) is 0 Å². The number of rotatable bonds is 0. The SMILES string of the molecule is CN1CCC2(CC1)OC(=S)NC2=O. The Bertz CT molecular complexity index is 259. The van der Waals surface area contributed by atoms with Crippen LogP contribution in [0.4, 0.5) is 0 Å². The standard InChI is InChI=1S/C8H12N2O2S/c1-10-4-2-8(3-5-10)6(11)9-7(13)12-8/h2-5H2,1H3,(H,9,11,13).